The van der Waals surface area contributed by atoms with Crippen LogP contribution < -0.4 is 0 Å². The van der Waals surface area contributed by atoms with Gasteiger partial charge < -0.3 is 8.98 Å². The van der Waals surface area contributed by atoms with Crippen LogP contribution in [0.3, 0.4) is 0 Å². The van der Waals surface area contributed by atoms with Crippen LogP contribution in [0.15, 0.2) is 235 Å². The zero-order valence-electron chi connectivity index (χ0n) is 33.9. The molecule has 62 heavy (non-hydrogen) atoms. The number of para-hydroxylation sites is 3. The first-order valence-corrected chi connectivity index (χ1v) is 21.2. The molecule has 10 aromatic carbocycles. The van der Waals surface area contributed by atoms with Crippen LogP contribution in [-0.2, 0) is 0 Å². The maximum absolute atomic E-state index is 6.65. The van der Waals surface area contributed by atoms with Crippen molar-refractivity contribution in [2.75, 3.05) is 0 Å². The molecular formula is C60H39NO. The third-order valence-electron chi connectivity index (χ3n) is 12.4. The first-order chi connectivity index (χ1) is 30.7. The Bertz CT molecular complexity index is 3650. The molecule has 0 N–H and O–H groups in total. The van der Waals surface area contributed by atoms with E-state index in [1.165, 1.54) is 66.0 Å². The van der Waals surface area contributed by atoms with Gasteiger partial charge in [0.15, 0.2) is 0 Å². The van der Waals surface area contributed by atoms with Crippen molar-refractivity contribution in [1.29, 1.82) is 0 Å². The molecule has 0 saturated carbocycles. The summed E-state index contributed by atoms with van der Waals surface area (Å²) in [6, 6.07) is 83.0. The summed E-state index contributed by atoms with van der Waals surface area (Å²) in [5.74, 6) is 0. The Labute approximate surface area is 359 Å². The molecule has 0 aliphatic rings. The molecule has 290 valence electrons. The van der Waals surface area contributed by atoms with Gasteiger partial charge in [0.05, 0.1) is 11.0 Å². The Kier molecular flexibility index (Phi) is 8.53. The van der Waals surface area contributed by atoms with E-state index < -0.39 is 0 Å². The highest BCUT2D eigenvalue weighted by Crippen LogP contribution is 2.40. The number of fused-ring (bicyclic) bond motifs is 7. The van der Waals surface area contributed by atoms with Gasteiger partial charge in [0.2, 0.25) is 0 Å². The lowest BCUT2D eigenvalue weighted by Gasteiger charge is -2.12. The van der Waals surface area contributed by atoms with Gasteiger partial charge >= 0.3 is 0 Å². The van der Waals surface area contributed by atoms with Gasteiger partial charge in [-0.1, -0.05) is 188 Å². The molecule has 2 nitrogen and oxygen atoms in total. The maximum atomic E-state index is 6.65. The molecule has 0 radical (unpaired) electrons. The molecular weight excluding hydrogens is 751 g/mol. The quantitative estimate of drug-likeness (QED) is 0.147. The summed E-state index contributed by atoms with van der Waals surface area (Å²) in [7, 11) is 0. The molecule has 0 bridgehead atoms. The minimum atomic E-state index is 0.885. The second kappa shape index (κ2) is 14.8. The van der Waals surface area contributed by atoms with E-state index in [0.29, 0.717) is 0 Å². The number of rotatable bonds is 7. The van der Waals surface area contributed by atoms with Gasteiger partial charge in [0.1, 0.15) is 11.2 Å². The van der Waals surface area contributed by atoms with Gasteiger partial charge in [0, 0.05) is 32.8 Å². The molecule has 0 aliphatic heterocycles. The summed E-state index contributed by atoms with van der Waals surface area (Å²) in [5.41, 5.74) is 17.0. The summed E-state index contributed by atoms with van der Waals surface area (Å²) < 4.78 is 9.03. The number of nitrogens with zero attached hydrogens (tertiary/aromatic N) is 1. The minimum Gasteiger partial charge on any atom is -0.455 e. The molecule has 0 saturated heterocycles. The third kappa shape index (κ3) is 6.20. The van der Waals surface area contributed by atoms with Crippen molar-refractivity contribution >= 4 is 66.2 Å². The molecule has 0 atom stereocenters. The monoisotopic (exact) mass is 789 g/mol. The van der Waals surface area contributed by atoms with Crippen LogP contribution >= 0.6 is 0 Å². The van der Waals surface area contributed by atoms with Gasteiger partial charge in [-0.3, -0.25) is 0 Å². The molecule has 2 aromatic heterocycles. The Balaban J connectivity index is 0.870. The van der Waals surface area contributed by atoms with E-state index in [9.17, 15) is 0 Å². The van der Waals surface area contributed by atoms with Crippen molar-refractivity contribution in [3.05, 3.63) is 247 Å². The number of hydrogen-bond donors (Lipinski definition) is 0. The van der Waals surface area contributed by atoms with Gasteiger partial charge in [0.25, 0.3) is 0 Å². The summed E-state index contributed by atoms with van der Waals surface area (Å²) in [4.78, 5) is 0. The Morgan fingerprint density at radius 3 is 1.81 bits per heavy atom. The lowest BCUT2D eigenvalue weighted by Crippen LogP contribution is -1.93. The van der Waals surface area contributed by atoms with Crippen molar-refractivity contribution in [2.24, 2.45) is 0 Å². The van der Waals surface area contributed by atoms with E-state index >= 15 is 0 Å². The van der Waals surface area contributed by atoms with Gasteiger partial charge in [-0.05, 0) is 109 Å². The molecule has 12 aromatic rings. The van der Waals surface area contributed by atoms with Crippen molar-refractivity contribution < 1.29 is 4.42 Å². The minimum absolute atomic E-state index is 0.885. The number of hydrogen-bond acceptors (Lipinski definition) is 1. The van der Waals surface area contributed by atoms with Crippen molar-refractivity contribution in [1.82, 2.24) is 4.57 Å². The average Bonchev–Trinajstić information content (AvgIpc) is 3.89. The summed E-state index contributed by atoms with van der Waals surface area (Å²) in [6.45, 7) is 0. The fraction of sp³-hybridized carbons (Fsp3) is 0. The molecule has 0 spiro atoms. The molecule has 2 heterocycles. The number of benzene rings is 10. The van der Waals surface area contributed by atoms with Crippen LogP contribution in [0.25, 0.3) is 105 Å². The van der Waals surface area contributed by atoms with Gasteiger partial charge in [-0.2, -0.15) is 0 Å². The van der Waals surface area contributed by atoms with Crippen LogP contribution in [-0.4, -0.2) is 4.57 Å². The maximum Gasteiger partial charge on any atom is 0.143 e. The Hall–Kier alpha value is -8.20. The van der Waals surface area contributed by atoms with Crippen molar-refractivity contribution in [3.63, 3.8) is 0 Å². The lowest BCUT2D eigenvalue weighted by molar-refractivity contribution is 0.670. The standard InChI is InChI=1S/C60H39NO/c1-3-12-40(13-4-1)36-55(49-31-26-41-14-7-8-15-46(41)37-49)45-29-24-42(25-30-45)47-33-35-59-56(38-47)54-20-11-19-51(60(54)62-59)44-27-22-43(23-28-44)48-32-34-53-52-18-9-10-21-57(52)61(58(53)39-48)50-16-5-2-6-17-50/h1-39H/b55-36+. The summed E-state index contributed by atoms with van der Waals surface area (Å²) in [6.07, 6.45) is 2.29. The van der Waals surface area contributed by atoms with Gasteiger partial charge in [-0.25, -0.2) is 0 Å². The molecule has 12 rings (SSSR count). The first-order valence-electron chi connectivity index (χ1n) is 21.2. The SMILES string of the molecule is C(=C(/c1ccc(-c2ccc3oc4c(-c5ccc(-c6ccc7c8ccccc8n(-c8ccccc8)c7c6)cc5)cccc4c3c2)cc1)c1ccc2ccccc2c1)/c1ccccc1. The summed E-state index contributed by atoms with van der Waals surface area (Å²) in [5, 5.41) is 7.22. The van der Waals surface area contributed by atoms with Crippen LogP contribution in [0.5, 0.6) is 0 Å². The van der Waals surface area contributed by atoms with Crippen LogP contribution in [0, 0.1) is 0 Å². The topological polar surface area (TPSA) is 18.1 Å². The zero-order valence-corrected chi connectivity index (χ0v) is 33.9. The number of furan rings is 1. The average molecular weight is 790 g/mol. The van der Waals surface area contributed by atoms with E-state index in [4.69, 9.17) is 4.42 Å². The normalized spacial score (nSPS) is 12.0. The molecule has 0 amide bonds. The van der Waals surface area contributed by atoms with E-state index in [0.717, 1.165) is 49.9 Å². The molecule has 0 unspecified atom stereocenters. The highest BCUT2D eigenvalue weighted by molar-refractivity contribution is 6.12. The Morgan fingerprint density at radius 1 is 0.371 bits per heavy atom. The fourth-order valence-electron chi connectivity index (χ4n) is 9.30. The Morgan fingerprint density at radius 2 is 0.984 bits per heavy atom. The zero-order chi connectivity index (χ0) is 41.0. The summed E-state index contributed by atoms with van der Waals surface area (Å²) >= 11 is 0. The molecule has 0 fully saturated rings. The second-order valence-corrected chi connectivity index (χ2v) is 16.1. The van der Waals surface area contributed by atoms with E-state index in [-0.39, 0.29) is 0 Å². The predicted octanol–water partition coefficient (Wildman–Crippen LogP) is 16.4. The number of aromatic nitrogens is 1. The lowest BCUT2D eigenvalue weighted by atomic mass is 9.92. The van der Waals surface area contributed by atoms with Crippen LogP contribution in [0.2, 0.25) is 0 Å². The molecule has 0 aliphatic carbocycles. The molecule has 2 heteroatoms. The third-order valence-corrected chi connectivity index (χ3v) is 12.4. The first kappa shape index (κ1) is 35.7. The van der Waals surface area contributed by atoms with E-state index in [1.807, 2.05) is 0 Å². The predicted molar refractivity (Wildman–Crippen MR) is 262 cm³/mol. The smallest absolute Gasteiger partial charge is 0.143 e. The second-order valence-electron chi connectivity index (χ2n) is 16.1. The largest absolute Gasteiger partial charge is 0.455 e. The van der Waals surface area contributed by atoms with E-state index in [1.54, 1.807) is 0 Å². The van der Waals surface area contributed by atoms with E-state index in [2.05, 4.69) is 241 Å². The van der Waals surface area contributed by atoms with Crippen molar-refractivity contribution in [2.45, 2.75) is 0 Å². The van der Waals surface area contributed by atoms with Crippen molar-refractivity contribution in [3.8, 4) is 39.1 Å². The van der Waals surface area contributed by atoms with Crippen LogP contribution in [0.4, 0.5) is 0 Å². The fourth-order valence-corrected chi connectivity index (χ4v) is 9.30. The highest BCUT2D eigenvalue weighted by Gasteiger charge is 2.16. The van der Waals surface area contributed by atoms with Crippen LogP contribution in [0.1, 0.15) is 16.7 Å². The van der Waals surface area contributed by atoms with Gasteiger partial charge in [-0.15, -0.1) is 0 Å². The highest BCUT2D eigenvalue weighted by atomic mass is 16.3.